The van der Waals surface area contributed by atoms with E-state index in [-0.39, 0.29) is 18.4 Å². The predicted molar refractivity (Wildman–Crippen MR) is 123 cm³/mol. The summed E-state index contributed by atoms with van der Waals surface area (Å²) in [6, 6.07) is 5.58. The first-order valence-electron chi connectivity index (χ1n) is 12.1. The van der Waals surface area contributed by atoms with Gasteiger partial charge in [-0.15, -0.1) is 0 Å². The normalized spacial score (nSPS) is 22.1. The molecule has 4 rings (SSSR count). The number of hydrogen-bond acceptors (Lipinski definition) is 10. The molecule has 0 spiro atoms. The van der Waals surface area contributed by atoms with Gasteiger partial charge in [-0.25, -0.2) is 14.3 Å². The van der Waals surface area contributed by atoms with E-state index >= 15 is 0 Å². The highest BCUT2D eigenvalue weighted by molar-refractivity contribution is 5.88. The Labute approximate surface area is 207 Å². The Morgan fingerprint density at radius 3 is 2.75 bits per heavy atom. The van der Waals surface area contributed by atoms with Crippen LogP contribution in [0.5, 0.6) is 0 Å². The highest BCUT2D eigenvalue weighted by atomic mass is 16.7. The minimum absolute atomic E-state index is 0.0915. The van der Waals surface area contributed by atoms with Crippen molar-refractivity contribution < 1.29 is 33.3 Å². The smallest absolute Gasteiger partial charge is 0.415 e. The van der Waals surface area contributed by atoms with Gasteiger partial charge >= 0.3 is 18.0 Å². The molecule has 1 amide bonds. The Morgan fingerprint density at radius 2 is 2.00 bits per heavy atom. The second kappa shape index (κ2) is 11.3. The number of carbonyl (C=O) groups is 3. The molecule has 0 radical (unpaired) electrons. The topological polar surface area (TPSA) is 154 Å². The lowest BCUT2D eigenvalue weighted by molar-refractivity contribution is -0.150. The van der Waals surface area contributed by atoms with Crippen LogP contribution in [0.4, 0.5) is 10.6 Å². The number of nitrogens with one attached hydrogen (secondary N) is 1. The van der Waals surface area contributed by atoms with Crippen molar-refractivity contribution in [1.82, 2.24) is 14.6 Å². The summed E-state index contributed by atoms with van der Waals surface area (Å²) in [7, 11) is 0. The summed E-state index contributed by atoms with van der Waals surface area (Å²) in [5, 5.41) is 16.7. The lowest BCUT2D eigenvalue weighted by Crippen LogP contribution is -2.29. The van der Waals surface area contributed by atoms with Crippen molar-refractivity contribution in [2.24, 2.45) is 5.92 Å². The van der Waals surface area contributed by atoms with Gasteiger partial charge in [-0.05, 0) is 43.7 Å². The van der Waals surface area contributed by atoms with Crippen molar-refractivity contribution in [3.8, 4) is 6.07 Å². The second-order valence-corrected chi connectivity index (χ2v) is 9.04. The number of amides is 1. The van der Waals surface area contributed by atoms with Gasteiger partial charge in [0.2, 0.25) is 6.79 Å². The molecule has 3 heterocycles. The van der Waals surface area contributed by atoms with Gasteiger partial charge in [-0.1, -0.05) is 19.3 Å². The van der Waals surface area contributed by atoms with Crippen LogP contribution in [0.3, 0.4) is 0 Å². The number of nitrogens with zero attached hydrogens (tertiary/aromatic N) is 4. The third-order valence-electron chi connectivity index (χ3n) is 6.52. The molecule has 2 aromatic rings. The highest BCUT2D eigenvalue weighted by Gasteiger charge is 2.45. The van der Waals surface area contributed by atoms with Crippen LogP contribution in [0.25, 0.3) is 5.52 Å². The van der Waals surface area contributed by atoms with Crippen LogP contribution in [0, 0.1) is 17.2 Å². The zero-order valence-corrected chi connectivity index (χ0v) is 20.1. The summed E-state index contributed by atoms with van der Waals surface area (Å²) >= 11 is 0. The van der Waals surface area contributed by atoms with Gasteiger partial charge in [0.15, 0.2) is 11.4 Å². The first-order chi connectivity index (χ1) is 17.4. The Kier molecular flexibility index (Phi) is 8.00. The van der Waals surface area contributed by atoms with Crippen LogP contribution >= 0.6 is 0 Å². The van der Waals surface area contributed by atoms with Gasteiger partial charge in [-0.2, -0.15) is 10.4 Å². The van der Waals surface area contributed by atoms with E-state index in [9.17, 15) is 19.6 Å². The molecule has 2 atom stereocenters. The van der Waals surface area contributed by atoms with E-state index in [1.165, 1.54) is 24.2 Å². The fourth-order valence-electron chi connectivity index (χ4n) is 4.72. The quantitative estimate of drug-likeness (QED) is 0.423. The fourth-order valence-corrected chi connectivity index (χ4v) is 4.72. The number of ether oxygens (including phenoxy) is 4. The van der Waals surface area contributed by atoms with Crippen molar-refractivity contribution in [1.29, 1.82) is 5.26 Å². The Bertz CT molecular complexity index is 1150. The molecule has 1 saturated carbocycles. The number of carbonyl (C=O) groups excluding carboxylic acids is 3. The maximum atomic E-state index is 12.3. The lowest BCUT2D eigenvalue weighted by atomic mass is 9.87. The molecule has 0 unspecified atom stereocenters. The van der Waals surface area contributed by atoms with Crippen LogP contribution in [-0.4, -0.2) is 52.1 Å². The molecule has 192 valence electrons. The average molecular weight is 500 g/mol. The number of aromatic nitrogens is 3. The first kappa shape index (κ1) is 25.4. The van der Waals surface area contributed by atoms with Crippen molar-refractivity contribution in [3.63, 3.8) is 0 Å². The van der Waals surface area contributed by atoms with Gasteiger partial charge in [0.05, 0.1) is 11.8 Å². The van der Waals surface area contributed by atoms with Crippen molar-refractivity contribution in [2.45, 2.75) is 70.0 Å². The van der Waals surface area contributed by atoms with Gasteiger partial charge in [0.1, 0.15) is 24.5 Å². The maximum absolute atomic E-state index is 12.3. The summed E-state index contributed by atoms with van der Waals surface area (Å²) in [4.78, 5) is 39.2. The zero-order chi connectivity index (χ0) is 25.5. The second-order valence-electron chi connectivity index (χ2n) is 9.04. The molecule has 1 saturated heterocycles. The predicted octanol–water partition coefficient (Wildman–Crippen LogP) is 3.21. The fraction of sp³-hybridized carbons (Fsp3) is 0.583. The molecular formula is C24H29N5O7. The third kappa shape index (κ3) is 5.91. The van der Waals surface area contributed by atoms with E-state index in [1.54, 1.807) is 12.1 Å². The van der Waals surface area contributed by atoms with E-state index in [2.05, 4.69) is 26.2 Å². The van der Waals surface area contributed by atoms with Crippen molar-refractivity contribution in [3.05, 3.63) is 24.2 Å². The van der Waals surface area contributed by atoms with Crippen LogP contribution in [0.15, 0.2) is 18.5 Å². The van der Waals surface area contributed by atoms with Crippen LogP contribution in [-0.2, 0) is 34.1 Å². The molecule has 1 N–H and O–H groups in total. The van der Waals surface area contributed by atoms with Gasteiger partial charge in [0, 0.05) is 13.3 Å². The molecule has 2 aliphatic rings. The molecule has 12 nitrogen and oxygen atoms in total. The molecule has 2 aromatic heterocycles. The molecule has 0 bridgehead atoms. The highest BCUT2D eigenvalue weighted by Crippen LogP contribution is 2.40. The summed E-state index contributed by atoms with van der Waals surface area (Å²) < 4.78 is 22.4. The molecule has 0 aromatic carbocycles. The summed E-state index contributed by atoms with van der Waals surface area (Å²) in [5.41, 5.74) is -0.416. The third-order valence-corrected chi connectivity index (χ3v) is 6.52. The number of anilines is 1. The lowest BCUT2D eigenvalue weighted by Gasteiger charge is -2.22. The summed E-state index contributed by atoms with van der Waals surface area (Å²) in [6.45, 7) is 0.751. The van der Waals surface area contributed by atoms with Gasteiger partial charge in [0.25, 0.3) is 0 Å². The average Bonchev–Trinajstić information content (AvgIpc) is 3.49. The van der Waals surface area contributed by atoms with Crippen molar-refractivity contribution >= 4 is 29.4 Å². The molecular weight excluding hydrogens is 470 g/mol. The minimum atomic E-state index is -1.30. The number of fused-ring (bicyclic) bond motifs is 1. The monoisotopic (exact) mass is 499 g/mol. The number of esters is 2. The van der Waals surface area contributed by atoms with E-state index < -0.39 is 30.6 Å². The Morgan fingerprint density at radius 1 is 1.19 bits per heavy atom. The van der Waals surface area contributed by atoms with Gasteiger partial charge in [-0.3, -0.25) is 14.9 Å². The standard InChI is InChI=1S/C24H29N5O7/c1-16(30)34-15-35-23(32)28-22-19-7-8-20(29(19)27-14-26-22)24(13-25)10-9-18(36-24)12-33-21(31)11-17-5-3-2-4-6-17/h7-8,14,17-18H,2-6,9-12,15H2,1H3,(H,26,27,28,32)/t18-,24-/m0/s1. The largest absolute Gasteiger partial charge is 0.463 e. The van der Waals surface area contributed by atoms with Crippen LogP contribution in [0.2, 0.25) is 0 Å². The molecule has 2 fully saturated rings. The van der Waals surface area contributed by atoms with E-state index in [4.69, 9.17) is 14.2 Å². The number of nitriles is 1. The van der Waals surface area contributed by atoms with E-state index in [0.29, 0.717) is 36.4 Å². The SMILES string of the molecule is CC(=O)OCOC(=O)Nc1ncnn2c([C@@]3(C#N)CC[C@@H](COC(=O)CC4CCCCC4)O3)ccc12. The van der Waals surface area contributed by atoms with E-state index in [0.717, 1.165) is 25.7 Å². The molecule has 1 aliphatic heterocycles. The Balaban J connectivity index is 1.39. The molecule has 12 heteroatoms. The Hall–Kier alpha value is -3.72. The molecule has 36 heavy (non-hydrogen) atoms. The maximum Gasteiger partial charge on any atom is 0.415 e. The number of rotatable bonds is 8. The first-order valence-corrected chi connectivity index (χ1v) is 12.1. The summed E-state index contributed by atoms with van der Waals surface area (Å²) in [6.07, 6.45) is 6.97. The van der Waals surface area contributed by atoms with Crippen LogP contribution < -0.4 is 5.32 Å². The van der Waals surface area contributed by atoms with Crippen LogP contribution in [0.1, 0.15) is 64.0 Å². The van der Waals surface area contributed by atoms with E-state index in [1.807, 2.05) is 0 Å². The minimum Gasteiger partial charge on any atom is -0.463 e. The molecule has 1 aliphatic carbocycles. The summed E-state index contributed by atoms with van der Waals surface area (Å²) in [5.74, 6) is -0.276. The zero-order valence-electron chi connectivity index (χ0n) is 20.1. The van der Waals surface area contributed by atoms with Gasteiger partial charge < -0.3 is 18.9 Å². The number of hydrogen-bond donors (Lipinski definition) is 1. The van der Waals surface area contributed by atoms with Crippen molar-refractivity contribution in [2.75, 3.05) is 18.7 Å².